The Bertz CT molecular complexity index is 831. The Balaban J connectivity index is 1.98. The predicted molar refractivity (Wildman–Crippen MR) is 97.2 cm³/mol. The molecule has 142 valence electrons. The fraction of sp³-hybridized carbons (Fsp3) is 0.200. The molecule has 1 N–H and O–H groups in total. The number of benzene rings is 2. The molecule has 0 radical (unpaired) electrons. The van der Waals surface area contributed by atoms with Gasteiger partial charge in [-0.2, -0.15) is 0 Å². The first-order valence-corrected chi connectivity index (χ1v) is 8.27. The van der Waals surface area contributed by atoms with Gasteiger partial charge in [-0.15, -0.1) is 0 Å². The average Bonchev–Trinajstić information content (AvgIpc) is 2.64. The first-order valence-electron chi connectivity index (χ1n) is 8.27. The molecule has 0 aliphatic rings. The van der Waals surface area contributed by atoms with Crippen LogP contribution in [-0.4, -0.2) is 24.6 Å². The number of nitrogens with one attached hydrogen (secondary N) is 1. The Morgan fingerprint density at radius 3 is 2.44 bits per heavy atom. The standard InChI is InChI=1S/C20H19F2NO4/c1-3-26-17-10-5-4-7-14(17)11-12-18(24)27-13(2)20(25)23-19-15(21)8-6-9-16(19)22/h4-13H,3H2,1-2H3,(H,23,25)/b12-11+. The molecule has 0 fully saturated rings. The minimum Gasteiger partial charge on any atom is -0.493 e. The van der Waals surface area contributed by atoms with Crippen LogP contribution >= 0.6 is 0 Å². The molecule has 0 saturated heterocycles. The Kier molecular flexibility index (Phi) is 7.05. The number of hydrogen-bond acceptors (Lipinski definition) is 4. The van der Waals surface area contributed by atoms with Gasteiger partial charge in [-0.1, -0.05) is 24.3 Å². The van der Waals surface area contributed by atoms with Crippen molar-refractivity contribution in [2.45, 2.75) is 20.0 Å². The first kappa shape index (κ1) is 20.1. The second-order valence-electron chi connectivity index (χ2n) is 5.47. The van der Waals surface area contributed by atoms with E-state index in [1.807, 2.05) is 6.92 Å². The van der Waals surface area contributed by atoms with Crippen LogP contribution in [0.2, 0.25) is 0 Å². The van der Waals surface area contributed by atoms with E-state index in [-0.39, 0.29) is 0 Å². The highest BCUT2D eigenvalue weighted by molar-refractivity contribution is 5.96. The highest BCUT2D eigenvalue weighted by atomic mass is 19.1. The number of carbonyl (C=O) groups excluding carboxylic acids is 2. The minimum atomic E-state index is -1.25. The number of halogens is 2. The summed E-state index contributed by atoms with van der Waals surface area (Å²) in [5.74, 6) is -2.87. The summed E-state index contributed by atoms with van der Waals surface area (Å²) in [6.45, 7) is 3.61. The van der Waals surface area contributed by atoms with Crippen molar-refractivity contribution in [2.75, 3.05) is 11.9 Å². The number of carbonyl (C=O) groups is 2. The zero-order valence-corrected chi connectivity index (χ0v) is 14.9. The van der Waals surface area contributed by atoms with Gasteiger partial charge < -0.3 is 14.8 Å². The van der Waals surface area contributed by atoms with Gasteiger partial charge in [-0.25, -0.2) is 13.6 Å². The van der Waals surface area contributed by atoms with Gasteiger partial charge in [0, 0.05) is 11.6 Å². The van der Waals surface area contributed by atoms with Crippen LogP contribution in [0.5, 0.6) is 5.75 Å². The fourth-order valence-corrected chi connectivity index (χ4v) is 2.17. The van der Waals surface area contributed by atoms with Crippen molar-refractivity contribution >= 4 is 23.6 Å². The summed E-state index contributed by atoms with van der Waals surface area (Å²) >= 11 is 0. The third-order valence-electron chi connectivity index (χ3n) is 3.49. The van der Waals surface area contributed by atoms with E-state index in [1.54, 1.807) is 24.3 Å². The van der Waals surface area contributed by atoms with Crippen molar-refractivity contribution in [3.05, 3.63) is 65.7 Å². The first-order chi connectivity index (χ1) is 12.9. The summed E-state index contributed by atoms with van der Waals surface area (Å²) in [6, 6.07) is 10.3. The van der Waals surface area contributed by atoms with E-state index in [0.29, 0.717) is 17.9 Å². The second kappa shape index (κ2) is 9.47. The van der Waals surface area contributed by atoms with Crippen molar-refractivity contribution in [3.8, 4) is 5.75 Å². The maximum absolute atomic E-state index is 13.6. The highest BCUT2D eigenvalue weighted by Gasteiger charge is 2.20. The van der Waals surface area contributed by atoms with Gasteiger partial charge in [0.05, 0.1) is 6.61 Å². The number of ether oxygens (including phenoxy) is 2. The van der Waals surface area contributed by atoms with Gasteiger partial charge in [0.1, 0.15) is 23.1 Å². The topological polar surface area (TPSA) is 64.6 Å². The van der Waals surface area contributed by atoms with Gasteiger partial charge >= 0.3 is 5.97 Å². The van der Waals surface area contributed by atoms with E-state index >= 15 is 0 Å². The zero-order valence-electron chi connectivity index (χ0n) is 14.9. The molecular formula is C20H19F2NO4. The maximum Gasteiger partial charge on any atom is 0.331 e. The Morgan fingerprint density at radius 2 is 1.78 bits per heavy atom. The lowest BCUT2D eigenvalue weighted by molar-refractivity contribution is -0.148. The summed E-state index contributed by atoms with van der Waals surface area (Å²) in [7, 11) is 0. The average molecular weight is 375 g/mol. The Morgan fingerprint density at radius 1 is 1.11 bits per heavy atom. The largest absolute Gasteiger partial charge is 0.493 e. The molecule has 0 aliphatic heterocycles. The van der Waals surface area contributed by atoms with Crippen LogP contribution in [0.15, 0.2) is 48.5 Å². The summed E-state index contributed by atoms with van der Waals surface area (Å²) in [6.07, 6.45) is 1.39. The molecule has 0 aromatic heterocycles. The predicted octanol–water partition coefficient (Wildman–Crippen LogP) is 3.95. The summed E-state index contributed by atoms with van der Waals surface area (Å²) in [4.78, 5) is 23.9. The van der Waals surface area contributed by atoms with Crippen LogP contribution in [0, 0.1) is 11.6 Å². The minimum absolute atomic E-state index is 0.471. The SMILES string of the molecule is CCOc1ccccc1/C=C/C(=O)OC(C)C(=O)Nc1c(F)cccc1F. The molecule has 0 saturated carbocycles. The van der Waals surface area contributed by atoms with Gasteiger partial charge in [0.25, 0.3) is 5.91 Å². The number of anilines is 1. The lowest BCUT2D eigenvalue weighted by Gasteiger charge is -2.13. The molecule has 1 amide bonds. The molecule has 0 bridgehead atoms. The quantitative estimate of drug-likeness (QED) is 0.588. The van der Waals surface area contributed by atoms with Crippen LogP contribution in [-0.2, 0) is 14.3 Å². The summed E-state index contributed by atoms with van der Waals surface area (Å²) in [5, 5.41) is 2.07. The number of amides is 1. The van der Waals surface area contributed by atoms with Crippen molar-refractivity contribution < 1.29 is 27.8 Å². The normalized spacial score (nSPS) is 11.9. The van der Waals surface area contributed by atoms with Crippen LogP contribution in [0.3, 0.4) is 0 Å². The molecule has 5 nitrogen and oxygen atoms in total. The van der Waals surface area contributed by atoms with E-state index in [1.165, 1.54) is 19.1 Å². The van der Waals surface area contributed by atoms with Crippen molar-refractivity contribution in [3.63, 3.8) is 0 Å². The number of rotatable bonds is 7. The van der Waals surface area contributed by atoms with Gasteiger partial charge in [-0.3, -0.25) is 4.79 Å². The molecule has 2 aromatic rings. The third kappa shape index (κ3) is 5.64. The fourth-order valence-electron chi connectivity index (χ4n) is 2.17. The zero-order chi connectivity index (χ0) is 19.8. The van der Waals surface area contributed by atoms with Gasteiger partial charge in [0.2, 0.25) is 0 Å². The highest BCUT2D eigenvalue weighted by Crippen LogP contribution is 2.20. The lowest BCUT2D eigenvalue weighted by Crippen LogP contribution is -2.30. The molecule has 2 aromatic carbocycles. The maximum atomic E-state index is 13.6. The van der Waals surface area contributed by atoms with E-state index in [2.05, 4.69) is 5.32 Å². The molecule has 2 rings (SSSR count). The van der Waals surface area contributed by atoms with Gasteiger partial charge in [-0.05, 0) is 38.1 Å². The lowest BCUT2D eigenvalue weighted by atomic mass is 10.2. The van der Waals surface area contributed by atoms with E-state index in [4.69, 9.17) is 9.47 Å². The van der Waals surface area contributed by atoms with Crippen molar-refractivity contribution in [1.82, 2.24) is 0 Å². The van der Waals surface area contributed by atoms with Crippen molar-refractivity contribution in [2.24, 2.45) is 0 Å². The monoisotopic (exact) mass is 375 g/mol. The summed E-state index contributed by atoms with van der Waals surface area (Å²) < 4.78 is 37.5. The molecule has 0 aliphatic carbocycles. The van der Waals surface area contributed by atoms with Crippen molar-refractivity contribution in [1.29, 1.82) is 0 Å². The number of esters is 1. The van der Waals surface area contributed by atoms with E-state index in [0.717, 1.165) is 18.2 Å². The van der Waals surface area contributed by atoms with Crippen LogP contribution in [0.25, 0.3) is 6.08 Å². The smallest absolute Gasteiger partial charge is 0.331 e. The van der Waals surface area contributed by atoms with Crippen LogP contribution in [0.4, 0.5) is 14.5 Å². The molecular weight excluding hydrogens is 356 g/mol. The van der Waals surface area contributed by atoms with Crippen LogP contribution < -0.4 is 10.1 Å². The number of hydrogen-bond donors (Lipinski definition) is 1. The van der Waals surface area contributed by atoms with Gasteiger partial charge in [0.15, 0.2) is 6.10 Å². The second-order valence-corrected chi connectivity index (χ2v) is 5.47. The Hall–Kier alpha value is -3.22. The molecule has 1 unspecified atom stereocenters. The van der Waals surface area contributed by atoms with E-state index in [9.17, 15) is 18.4 Å². The molecule has 1 atom stereocenters. The molecule has 27 heavy (non-hydrogen) atoms. The molecule has 0 spiro atoms. The molecule has 7 heteroatoms. The van der Waals surface area contributed by atoms with E-state index < -0.39 is 35.3 Å². The molecule has 0 heterocycles. The van der Waals surface area contributed by atoms with Crippen LogP contribution in [0.1, 0.15) is 19.4 Å². The number of para-hydroxylation sites is 2. The Labute approximate surface area is 155 Å². The third-order valence-corrected chi connectivity index (χ3v) is 3.49. The summed E-state index contributed by atoms with van der Waals surface area (Å²) in [5.41, 5.74) is 0.0772.